The maximum Gasteiger partial charge on any atom is 0.0681 e. The van der Waals surface area contributed by atoms with E-state index in [9.17, 15) is 0 Å². The minimum Gasteiger partial charge on any atom is -0.392 e. The van der Waals surface area contributed by atoms with Crippen molar-refractivity contribution < 1.29 is 5.11 Å². The van der Waals surface area contributed by atoms with Crippen LogP contribution in [0.5, 0.6) is 0 Å². The van der Waals surface area contributed by atoms with Gasteiger partial charge in [-0.2, -0.15) is 0 Å². The van der Waals surface area contributed by atoms with Crippen LogP contribution in [0.1, 0.15) is 56.6 Å². The van der Waals surface area contributed by atoms with Crippen molar-refractivity contribution in [2.75, 3.05) is 13.1 Å². The van der Waals surface area contributed by atoms with E-state index in [1.54, 1.807) is 0 Å². The van der Waals surface area contributed by atoms with E-state index in [0.717, 1.165) is 31.6 Å². The number of rotatable bonds is 7. The molecule has 0 heterocycles. The van der Waals surface area contributed by atoms with Gasteiger partial charge in [0, 0.05) is 18.6 Å². The number of aliphatic hydroxyl groups is 1. The van der Waals surface area contributed by atoms with Crippen molar-refractivity contribution in [3.8, 4) is 0 Å². The molecule has 0 bridgehead atoms. The van der Waals surface area contributed by atoms with Crippen molar-refractivity contribution in [2.45, 2.75) is 64.1 Å². The molecule has 1 saturated carbocycles. The second-order valence-electron chi connectivity index (χ2n) is 6.39. The number of benzene rings is 1. The first-order chi connectivity index (χ1) is 10.2. The van der Waals surface area contributed by atoms with Gasteiger partial charge >= 0.3 is 0 Å². The average molecular weight is 290 g/mol. The molecule has 0 aromatic heterocycles. The molecule has 2 rings (SSSR count). The van der Waals surface area contributed by atoms with Gasteiger partial charge in [0.15, 0.2) is 0 Å². The molecular weight excluding hydrogens is 260 g/mol. The van der Waals surface area contributed by atoms with Crippen molar-refractivity contribution in [2.24, 2.45) is 5.73 Å². The lowest BCUT2D eigenvalue weighted by atomic mass is 9.80. The molecular formula is C18H30N2O. The van der Waals surface area contributed by atoms with Gasteiger partial charge in [-0.05, 0) is 36.9 Å². The van der Waals surface area contributed by atoms with Crippen LogP contribution in [-0.4, -0.2) is 28.6 Å². The summed E-state index contributed by atoms with van der Waals surface area (Å²) in [7, 11) is 0. The lowest BCUT2D eigenvalue weighted by molar-refractivity contribution is 0.0495. The van der Waals surface area contributed by atoms with Crippen LogP contribution in [0.4, 0.5) is 0 Å². The van der Waals surface area contributed by atoms with Crippen molar-refractivity contribution >= 4 is 0 Å². The molecule has 1 aromatic rings. The third kappa shape index (κ3) is 4.06. The number of hydrogen-bond acceptors (Lipinski definition) is 3. The summed E-state index contributed by atoms with van der Waals surface area (Å²) in [5, 5.41) is 9.15. The fraction of sp³-hybridized carbons (Fsp3) is 0.667. The summed E-state index contributed by atoms with van der Waals surface area (Å²) < 4.78 is 0. The molecule has 0 atom stereocenters. The zero-order valence-electron chi connectivity index (χ0n) is 13.4. The van der Waals surface area contributed by atoms with Crippen LogP contribution in [0.25, 0.3) is 0 Å². The molecule has 0 saturated heterocycles. The first kappa shape index (κ1) is 16.5. The number of hydrogen-bond donors (Lipinski definition) is 2. The van der Waals surface area contributed by atoms with Gasteiger partial charge in [0.25, 0.3) is 0 Å². The first-order valence-corrected chi connectivity index (χ1v) is 8.38. The van der Waals surface area contributed by atoms with E-state index in [1.807, 2.05) is 12.1 Å². The molecule has 21 heavy (non-hydrogen) atoms. The highest BCUT2D eigenvalue weighted by molar-refractivity contribution is 5.22. The standard InChI is InChI=1S/C18H30N2O/c1-2-12-20(18(15-19)10-4-3-5-11-18)13-16-6-8-17(14-21)9-7-16/h6-9,21H,2-5,10-15,19H2,1H3. The lowest BCUT2D eigenvalue weighted by Crippen LogP contribution is -2.54. The van der Waals surface area contributed by atoms with Gasteiger partial charge in [-0.3, -0.25) is 4.90 Å². The second kappa shape index (κ2) is 7.92. The van der Waals surface area contributed by atoms with E-state index < -0.39 is 0 Å². The van der Waals surface area contributed by atoms with Crippen LogP contribution >= 0.6 is 0 Å². The SMILES string of the molecule is CCCN(Cc1ccc(CO)cc1)C1(CN)CCCCC1. The molecule has 0 amide bonds. The van der Waals surface area contributed by atoms with Gasteiger partial charge in [-0.25, -0.2) is 0 Å². The highest BCUT2D eigenvalue weighted by Gasteiger charge is 2.36. The predicted octanol–water partition coefficient (Wildman–Crippen LogP) is 3.05. The zero-order chi connectivity index (χ0) is 15.1. The molecule has 1 aliphatic rings. The predicted molar refractivity (Wildman–Crippen MR) is 87.9 cm³/mol. The molecule has 1 aromatic carbocycles. The Balaban J connectivity index is 2.12. The summed E-state index contributed by atoms with van der Waals surface area (Å²) in [4.78, 5) is 2.61. The summed E-state index contributed by atoms with van der Waals surface area (Å²) >= 11 is 0. The number of nitrogens with zero attached hydrogens (tertiary/aromatic N) is 1. The highest BCUT2D eigenvalue weighted by Crippen LogP contribution is 2.34. The maximum atomic E-state index is 9.15. The largest absolute Gasteiger partial charge is 0.392 e. The van der Waals surface area contributed by atoms with Crippen molar-refractivity contribution in [1.82, 2.24) is 4.90 Å². The molecule has 1 aliphatic carbocycles. The van der Waals surface area contributed by atoms with Crippen LogP contribution < -0.4 is 5.73 Å². The Kier molecular flexibility index (Phi) is 6.22. The van der Waals surface area contributed by atoms with E-state index in [1.165, 1.54) is 37.7 Å². The molecule has 3 N–H and O–H groups in total. The van der Waals surface area contributed by atoms with Crippen molar-refractivity contribution in [3.05, 3.63) is 35.4 Å². The zero-order valence-corrected chi connectivity index (χ0v) is 13.4. The summed E-state index contributed by atoms with van der Waals surface area (Å²) in [5.74, 6) is 0. The van der Waals surface area contributed by atoms with Crippen LogP contribution in [0.3, 0.4) is 0 Å². The van der Waals surface area contributed by atoms with E-state index in [-0.39, 0.29) is 12.1 Å². The Bertz CT molecular complexity index is 410. The maximum absolute atomic E-state index is 9.15. The van der Waals surface area contributed by atoms with E-state index in [2.05, 4.69) is 24.0 Å². The quantitative estimate of drug-likeness (QED) is 0.811. The van der Waals surface area contributed by atoms with Gasteiger partial charge in [-0.1, -0.05) is 50.5 Å². The van der Waals surface area contributed by atoms with E-state index >= 15 is 0 Å². The Morgan fingerprint density at radius 3 is 2.24 bits per heavy atom. The second-order valence-corrected chi connectivity index (χ2v) is 6.39. The fourth-order valence-electron chi connectivity index (χ4n) is 3.58. The Morgan fingerprint density at radius 2 is 1.71 bits per heavy atom. The molecule has 3 nitrogen and oxygen atoms in total. The summed E-state index contributed by atoms with van der Waals surface area (Å²) in [5.41, 5.74) is 8.69. The van der Waals surface area contributed by atoms with Crippen molar-refractivity contribution in [1.29, 1.82) is 0 Å². The molecule has 0 spiro atoms. The molecule has 0 radical (unpaired) electrons. The molecule has 0 unspecified atom stereocenters. The van der Waals surface area contributed by atoms with Gasteiger partial charge < -0.3 is 10.8 Å². The lowest BCUT2D eigenvalue weighted by Gasteiger charge is -2.46. The van der Waals surface area contributed by atoms with Gasteiger partial charge in [-0.15, -0.1) is 0 Å². The van der Waals surface area contributed by atoms with Crippen LogP contribution in [0.2, 0.25) is 0 Å². The molecule has 1 fully saturated rings. The van der Waals surface area contributed by atoms with Crippen LogP contribution in [0.15, 0.2) is 24.3 Å². The minimum atomic E-state index is 0.117. The highest BCUT2D eigenvalue weighted by atomic mass is 16.3. The Hall–Kier alpha value is -0.900. The number of nitrogens with two attached hydrogens (primary N) is 1. The smallest absolute Gasteiger partial charge is 0.0681 e. The van der Waals surface area contributed by atoms with Gasteiger partial charge in [0.05, 0.1) is 6.61 Å². The molecule has 3 heteroatoms. The minimum absolute atomic E-state index is 0.117. The Labute approximate surface area is 129 Å². The average Bonchev–Trinajstić information content (AvgIpc) is 2.56. The first-order valence-electron chi connectivity index (χ1n) is 8.38. The van der Waals surface area contributed by atoms with Crippen molar-refractivity contribution in [3.63, 3.8) is 0 Å². The molecule has 118 valence electrons. The Morgan fingerprint density at radius 1 is 1.10 bits per heavy atom. The monoisotopic (exact) mass is 290 g/mol. The third-order valence-electron chi connectivity index (χ3n) is 4.91. The topological polar surface area (TPSA) is 49.5 Å². The van der Waals surface area contributed by atoms with Gasteiger partial charge in [0.1, 0.15) is 0 Å². The summed E-state index contributed by atoms with van der Waals surface area (Å²) in [6.07, 6.45) is 7.60. The summed E-state index contributed by atoms with van der Waals surface area (Å²) in [6.45, 7) is 5.21. The van der Waals surface area contributed by atoms with Crippen LogP contribution in [-0.2, 0) is 13.2 Å². The van der Waals surface area contributed by atoms with Crippen LogP contribution in [0, 0.1) is 0 Å². The van der Waals surface area contributed by atoms with Gasteiger partial charge in [0.2, 0.25) is 0 Å². The molecule has 0 aliphatic heterocycles. The summed E-state index contributed by atoms with van der Waals surface area (Å²) in [6, 6.07) is 8.33. The van der Waals surface area contributed by atoms with E-state index in [4.69, 9.17) is 10.8 Å². The normalized spacial score (nSPS) is 18.1. The third-order valence-corrected chi connectivity index (χ3v) is 4.91. The van der Waals surface area contributed by atoms with E-state index in [0.29, 0.717) is 0 Å². The fourth-order valence-corrected chi connectivity index (χ4v) is 3.58. The number of aliphatic hydroxyl groups excluding tert-OH is 1.